The Bertz CT molecular complexity index is 832. The minimum Gasteiger partial charge on any atom is -0.374 e. The molecule has 0 bridgehead atoms. The van der Waals surface area contributed by atoms with Crippen LogP contribution in [0.1, 0.15) is 43.9 Å². The summed E-state index contributed by atoms with van der Waals surface area (Å²) < 4.78 is 39.4. The highest BCUT2D eigenvalue weighted by Crippen LogP contribution is 2.37. The molecule has 158 valence electrons. The summed E-state index contributed by atoms with van der Waals surface area (Å²) in [6, 6.07) is 2.01. The van der Waals surface area contributed by atoms with Gasteiger partial charge >= 0.3 is 12.1 Å². The normalized spacial score (nSPS) is 20.1. The molecule has 1 unspecified atom stereocenters. The number of likely N-dealkylation sites (tertiary alicyclic amines) is 1. The van der Waals surface area contributed by atoms with Gasteiger partial charge in [0.15, 0.2) is 5.82 Å². The Morgan fingerprint density at radius 3 is 2.52 bits per heavy atom. The van der Waals surface area contributed by atoms with Gasteiger partial charge in [-0.2, -0.15) is 23.5 Å². The van der Waals surface area contributed by atoms with Gasteiger partial charge in [-0.3, -0.25) is 14.3 Å². The lowest BCUT2D eigenvalue weighted by atomic mass is 9.85. The second-order valence-corrected chi connectivity index (χ2v) is 7.44. The summed E-state index contributed by atoms with van der Waals surface area (Å²) in [4.78, 5) is 24.2. The van der Waals surface area contributed by atoms with Crippen molar-refractivity contribution in [1.29, 1.82) is 5.26 Å². The average molecular weight is 414 g/mol. The van der Waals surface area contributed by atoms with E-state index < -0.39 is 23.9 Å². The van der Waals surface area contributed by atoms with Crippen molar-refractivity contribution in [3.63, 3.8) is 0 Å². The maximum Gasteiger partial charge on any atom is 0.471 e. The molecule has 0 radical (unpaired) electrons. The molecule has 3 rings (SSSR count). The number of amides is 2. The highest BCUT2D eigenvalue weighted by Gasteiger charge is 2.46. The van der Waals surface area contributed by atoms with E-state index in [1.165, 1.54) is 10.9 Å². The van der Waals surface area contributed by atoms with Gasteiger partial charge in [-0.05, 0) is 25.7 Å². The Hall–Kier alpha value is -2.65. The van der Waals surface area contributed by atoms with Crippen LogP contribution in [0, 0.1) is 17.2 Å². The van der Waals surface area contributed by atoms with Crippen molar-refractivity contribution >= 4 is 17.6 Å². The van der Waals surface area contributed by atoms with Gasteiger partial charge in [0.25, 0.3) is 0 Å². The molecule has 2 fully saturated rings. The molecular formula is C17H21F3N6O3. The molecule has 1 saturated carbocycles. The number of nitrogens with zero attached hydrogens (tertiary/aromatic N) is 4. The van der Waals surface area contributed by atoms with E-state index in [0.29, 0.717) is 4.90 Å². The van der Waals surface area contributed by atoms with Gasteiger partial charge in [0.1, 0.15) is 6.23 Å². The van der Waals surface area contributed by atoms with Crippen molar-refractivity contribution in [3.8, 4) is 6.07 Å². The third-order valence-electron chi connectivity index (χ3n) is 5.37. The molecule has 1 saturated heterocycles. The average Bonchev–Trinajstić information content (AvgIpc) is 3.41. The minimum atomic E-state index is -4.96. The number of alkyl halides is 3. The Morgan fingerprint density at radius 1 is 1.41 bits per heavy atom. The van der Waals surface area contributed by atoms with Crippen LogP contribution in [0.15, 0.2) is 6.20 Å². The summed E-state index contributed by atoms with van der Waals surface area (Å²) in [5.74, 6) is -2.23. The fraction of sp³-hybridized carbons (Fsp3) is 0.647. The van der Waals surface area contributed by atoms with Crippen LogP contribution in [-0.2, 0) is 15.1 Å². The molecule has 0 spiro atoms. The zero-order valence-corrected chi connectivity index (χ0v) is 15.4. The fourth-order valence-corrected chi connectivity index (χ4v) is 3.45. The van der Waals surface area contributed by atoms with Gasteiger partial charge in [0, 0.05) is 25.2 Å². The number of carbonyl (C=O) groups is 2. The van der Waals surface area contributed by atoms with Crippen LogP contribution in [-0.4, -0.2) is 50.9 Å². The number of nitrogens with one attached hydrogen (secondary N) is 1. The minimum absolute atomic E-state index is 0.0557. The number of rotatable bonds is 5. The van der Waals surface area contributed by atoms with E-state index in [1.54, 1.807) is 0 Å². The van der Waals surface area contributed by atoms with Crippen LogP contribution in [0.2, 0.25) is 0 Å². The molecule has 1 aliphatic heterocycles. The van der Waals surface area contributed by atoms with Crippen molar-refractivity contribution in [2.45, 2.75) is 50.0 Å². The summed E-state index contributed by atoms with van der Waals surface area (Å²) in [7, 11) is 0. The van der Waals surface area contributed by atoms with E-state index in [4.69, 9.17) is 5.73 Å². The first-order valence-electron chi connectivity index (χ1n) is 9.15. The van der Waals surface area contributed by atoms with Gasteiger partial charge < -0.3 is 21.1 Å². The summed E-state index contributed by atoms with van der Waals surface area (Å²) in [6.07, 6.45) is -3.45. The molecule has 9 nitrogen and oxygen atoms in total. The van der Waals surface area contributed by atoms with Gasteiger partial charge in [0.2, 0.25) is 5.91 Å². The van der Waals surface area contributed by atoms with Gasteiger partial charge in [0.05, 0.1) is 23.6 Å². The molecule has 1 aromatic rings. The van der Waals surface area contributed by atoms with Crippen molar-refractivity contribution in [3.05, 3.63) is 11.8 Å². The van der Waals surface area contributed by atoms with E-state index >= 15 is 0 Å². The van der Waals surface area contributed by atoms with E-state index in [1.807, 2.05) is 6.07 Å². The van der Waals surface area contributed by atoms with Crippen molar-refractivity contribution < 1.29 is 27.9 Å². The van der Waals surface area contributed by atoms with Gasteiger partial charge in [-0.15, -0.1) is 0 Å². The highest BCUT2D eigenvalue weighted by atomic mass is 19.4. The molecule has 2 aliphatic rings. The summed E-state index contributed by atoms with van der Waals surface area (Å²) in [5, 5.41) is 26.0. The maximum atomic E-state index is 12.7. The van der Waals surface area contributed by atoms with Gasteiger partial charge in [-0.1, -0.05) is 0 Å². The number of carbonyl (C=O) groups excluding carboxylic acids is 2. The topological polar surface area (TPSA) is 137 Å². The van der Waals surface area contributed by atoms with Gasteiger partial charge in [-0.25, -0.2) is 0 Å². The number of halogens is 3. The molecule has 2 amide bonds. The SMILES string of the molecule is N#CCC1(n2cc(C(N)O)c(NC(=O)C3CC3)n2)CCN(C(=O)C(F)(F)F)CC1. The number of nitrogens with two attached hydrogens (primary N) is 1. The fourth-order valence-electron chi connectivity index (χ4n) is 3.45. The van der Waals surface area contributed by atoms with Crippen molar-refractivity contribution in [2.24, 2.45) is 11.7 Å². The molecule has 4 N–H and O–H groups in total. The number of aromatic nitrogens is 2. The van der Waals surface area contributed by atoms with Crippen LogP contribution < -0.4 is 11.1 Å². The molecule has 1 aromatic heterocycles. The predicted molar refractivity (Wildman–Crippen MR) is 92.8 cm³/mol. The number of hydrogen-bond acceptors (Lipinski definition) is 6. The Kier molecular flexibility index (Phi) is 5.55. The number of hydrogen-bond donors (Lipinski definition) is 3. The predicted octanol–water partition coefficient (Wildman–Crippen LogP) is 0.975. The molecule has 1 atom stereocenters. The zero-order chi connectivity index (χ0) is 21.4. The summed E-state index contributed by atoms with van der Waals surface area (Å²) >= 11 is 0. The standard InChI is InChI=1S/C17H21F3N6O3/c18-17(19,20)15(29)25-7-4-16(3-6-21,5-8-25)26-9-11(12(22)27)13(24-26)23-14(28)10-1-2-10/h9-10,12,27H,1-5,7-8,22H2,(H,23,24,28). The lowest BCUT2D eigenvalue weighted by Gasteiger charge is -2.40. The monoisotopic (exact) mass is 414 g/mol. The lowest BCUT2D eigenvalue weighted by molar-refractivity contribution is -0.187. The number of aliphatic hydroxyl groups is 1. The second-order valence-electron chi connectivity index (χ2n) is 7.44. The Morgan fingerprint density at radius 2 is 2.03 bits per heavy atom. The first kappa shape index (κ1) is 21.1. The van der Waals surface area contributed by atoms with Crippen LogP contribution in [0.4, 0.5) is 19.0 Å². The smallest absolute Gasteiger partial charge is 0.374 e. The number of anilines is 1. The van der Waals surface area contributed by atoms with Crippen LogP contribution in [0.25, 0.3) is 0 Å². The molecule has 1 aliphatic carbocycles. The number of nitriles is 1. The third-order valence-corrected chi connectivity index (χ3v) is 5.37. The summed E-state index contributed by atoms with van der Waals surface area (Å²) in [6.45, 7) is -0.408. The Balaban J connectivity index is 1.85. The lowest BCUT2D eigenvalue weighted by Crippen LogP contribution is -2.51. The first-order valence-corrected chi connectivity index (χ1v) is 9.15. The van der Waals surface area contributed by atoms with Crippen LogP contribution >= 0.6 is 0 Å². The summed E-state index contributed by atoms with van der Waals surface area (Å²) in [5.41, 5.74) is 4.72. The Labute approximate surface area is 164 Å². The molecule has 2 heterocycles. The molecule has 0 aromatic carbocycles. The van der Waals surface area contributed by atoms with E-state index in [0.717, 1.165) is 12.8 Å². The quantitative estimate of drug-likeness (QED) is 0.614. The van der Waals surface area contributed by atoms with Crippen molar-refractivity contribution in [1.82, 2.24) is 14.7 Å². The molecular weight excluding hydrogens is 393 g/mol. The third kappa shape index (κ3) is 4.35. The molecule has 29 heavy (non-hydrogen) atoms. The van der Waals surface area contributed by atoms with Crippen LogP contribution in [0.3, 0.4) is 0 Å². The van der Waals surface area contributed by atoms with E-state index in [9.17, 15) is 33.1 Å². The van der Waals surface area contributed by atoms with E-state index in [2.05, 4.69) is 10.4 Å². The van der Waals surface area contributed by atoms with E-state index in [-0.39, 0.29) is 55.6 Å². The van der Waals surface area contributed by atoms with Crippen LogP contribution in [0.5, 0.6) is 0 Å². The largest absolute Gasteiger partial charge is 0.471 e. The number of piperidine rings is 1. The second kappa shape index (κ2) is 7.64. The maximum absolute atomic E-state index is 12.7. The van der Waals surface area contributed by atoms with Crippen molar-refractivity contribution in [2.75, 3.05) is 18.4 Å². The highest BCUT2D eigenvalue weighted by molar-refractivity contribution is 5.93. The number of aliphatic hydroxyl groups excluding tert-OH is 1. The first-order chi connectivity index (χ1) is 13.6. The molecule has 12 heteroatoms. The zero-order valence-electron chi connectivity index (χ0n) is 15.4.